The fourth-order valence-corrected chi connectivity index (χ4v) is 1.96. The lowest BCUT2D eigenvalue weighted by Crippen LogP contribution is -1.97. The predicted molar refractivity (Wildman–Crippen MR) is 71.2 cm³/mol. The van der Waals surface area contributed by atoms with Crippen LogP contribution in [-0.2, 0) is 0 Å². The number of rotatable bonds is 3. The van der Waals surface area contributed by atoms with Crippen molar-refractivity contribution in [2.45, 2.75) is 13.0 Å². The van der Waals surface area contributed by atoms with E-state index in [0.29, 0.717) is 10.0 Å². The molecule has 1 unspecified atom stereocenters. The molecule has 1 N–H and O–H groups in total. The van der Waals surface area contributed by atoms with Crippen molar-refractivity contribution < 1.29 is 18.6 Å². The normalized spacial score (nSPS) is 12.3. The Hall–Kier alpha value is -1.46. The molecule has 2 rings (SSSR count). The molecule has 1 atom stereocenters. The second-order valence-corrected chi connectivity index (χ2v) is 4.95. The Morgan fingerprint density at radius 3 is 2.53 bits per heavy atom. The van der Waals surface area contributed by atoms with Crippen molar-refractivity contribution in [1.29, 1.82) is 0 Å². The van der Waals surface area contributed by atoms with E-state index in [9.17, 15) is 13.9 Å². The number of aliphatic hydroxyl groups excluding tert-OH is 1. The van der Waals surface area contributed by atoms with Crippen LogP contribution >= 0.6 is 15.9 Å². The fraction of sp³-hybridized carbons (Fsp3) is 0.143. The Morgan fingerprint density at radius 1 is 1.11 bits per heavy atom. The smallest absolute Gasteiger partial charge is 0.165 e. The molecular formula is C14H11BrF2O2. The van der Waals surface area contributed by atoms with Gasteiger partial charge in [0, 0.05) is 16.1 Å². The first-order valence-electron chi connectivity index (χ1n) is 5.58. The lowest BCUT2D eigenvalue weighted by Gasteiger charge is -2.14. The van der Waals surface area contributed by atoms with Gasteiger partial charge in [-0.3, -0.25) is 0 Å². The minimum absolute atomic E-state index is 0.222. The molecule has 0 radical (unpaired) electrons. The number of benzene rings is 2. The zero-order valence-electron chi connectivity index (χ0n) is 10.0. The molecule has 0 heterocycles. The molecular weight excluding hydrogens is 318 g/mol. The van der Waals surface area contributed by atoms with E-state index < -0.39 is 17.7 Å². The van der Waals surface area contributed by atoms with E-state index >= 15 is 0 Å². The average molecular weight is 329 g/mol. The first kappa shape index (κ1) is 14.0. The zero-order chi connectivity index (χ0) is 14.0. The number of halogens is 3. The van der Waals surface area contributed by atoms with Gasteiger partial charge in [-0.1, -0.05) is 22.0 Å². The molecule has 0 amide bonds. The van der Waals surface area contributed by atoms with Crippen LogP contribution in [0.1, 0.15) is 18.6 Å². The van der Waals surface area contributed by atoms with Crippen LogP contribution in [0.5, 0.6) is 11.5 Å². The minimum Gasteiger partial charge on any atom is -0.454 e. The monoisotopic (exact) mass is 328 g/mol. The van der Waals surface area contributed by atoms with Crippen LogP contribution in [0.15, 0.2) is 40.9 Å². The summed E-state index contributed by atoms with van der Waals surface area (Å²) in [5, 5.41) is 9.63. The van der Waals surface area contributed by atoms with Gasteiger partial charge < -0.3 is 9.84 Å². The zero-order valence-corrected chi connectivity index (χ0v) is 11.6. The summed E-state index contributed by atoms with van der Waals surface area (Å²) in [6.07, 6.45) is -0.778. The van der Waals surface area contributed by atoms with Crippen molar-refractivity contribution in [2.75, 3.05) is 0 Å². The molecule has 0 fully saturated rings. The van der Waals surface area contributed by atoms with Gasteiger partial charge in [0.2, 0.25) is 0 Å². The molecule has 2 aromatic rings. The van der Waals surface area contributed by atoms with Gasteiger partial charge in [-0.15, -0.1) is 0 Å². The molecule has 0 aliphatic rings. The second-order valence-electron chi connectivity index (χ2n) is 4.03. The molecule has 100 valence electrons. The van der Waals surface area contributed by atoms with Crippen LogP contribution in [0, 0.1) is 11.6 Å². The molecule has 0 saturated carbocycles. The van der Waals surface area contributed by atoms with E-state index in [1.54, 1.807) is 25.1 Å². The summed E-state index contributed by atoms with van der Waals surface area (Å²) < 4.78 is 32.7. The van der Waals surface area contributed by atoms with Crippen molar-refractivity contribution in [1.82, 2.24) is 0 Å². The molecule has 0 bridgehead atoms. The third-order valence-corrected chi connectivity index (χ3v) is 3.03. The van der Waals surface area contributed by atoms with E-state index in [1.807, 2.05) is 0 Å². The topological polar surface area (TPSA) is 29.5 Å². The maximum Gasteiger partial charge on any atom is 0.165 e. The second kappa shape index (κ2) is 5.67. The first-order chi connectivity index (χ1) is 8.97. The number of aliphatic hydroxyl groups is 1. The molecule has 0 spiro atoms. The number of hydrogen-bond donors (Lipinski definition) is 1. The van der Waals surface area contributed by atoms with Crippen LogP contribution < -0.4 is 4.74 Å². The largest absolute Gasteiger partial charge is 0.454 e. The van der Waals surface area contributed by atoms with Crippen LogP contribution in [0.25, 0.3) is 0 Å². The van der Waals surface area contributed by atoms with Gasteiger partial charge in [0.1, 0.15) is 11.6 Å². The summed E-state index contributed by atoms with van der Waals surface area (Å²) in [5.41, 5.74) is 0.492. The minimum atomic E-state index is -0.778. The Labute approximate surface area is 117 Å². The summed E-state index contributed by atoms with van der Waals surface area (Å²) >= 11 is 3.26. The number of ether oxygens (including phenoxy) is 1. The Morgan fingerprint density at radius 2 is 1.84 bits per heavy atom. The average Bonchev–Trinajstić information content (AvgIpc) is 2.33. The van der Waals surface area contributed by atoms with Crippen LogP contribution in [0.2, 0.25) is 0 Å². The van der Waals surface area contributed by atoms with Gasteiger partial charge in [-0.25, -0.2) is 8.78 Å². The van der Waals surface area contributed by atoms with Crippen molar-refractivity contribution in [3.63, 3.8) is 0 Å². The van der Waals surface area contributed by atoms with Gasteiger partial charge >= 0.3 is 0 Å². The van der Waals surface area contributed by atoms with E-state index in [2.05, 4.69) is 15.9 Å². The lowest BCUT2D eigenvalue weighted by atomic mass is 10.1. The Kier molecular flexibility index (Phi) is 4.17. The quantitative estimate of drug-likeness (QED) is 0.894. The molecule has 0 saturated heterocycles. The predicted octanol–water partition coefficient (Wildman–Crippen LogP) is 4.57. The summed E-state index contributed by atoms with van der Waals surface area (Å²) in [4.78, 5) is 0. The maximum absolute atomic E-state index is 13.5. The summed E-state index contributed by atoms with van der Waals surface area (Å²) in [5.74, 6) is -1.21. The van der Waals surface area contributed by atoms with Crippen molar-refractivity contribution in [3.8, 4) is 11.5 Å². The summed E-state index contributed by atoms with van der Waals surface area (Å²) in [7, 11) is 0. The first-order valence-corrected chi connectivity index (χ1v) is 6.37. The van der Waals surface area contributed by atoms with Gasteiger partial charge in [0.05, 0.1) is 6.10 Å². The van der Waals surface area contributed by atoms with Crippen molar-refractivity contribution in [3.05, 3.63) is 58.1 Å². The fourth-order valence-electron chi connectivity index (χ4n) is 1.62. The SMILES string of the molecule is CC(O)c1ccc(Br)cc1Oc1cc(F)ccc1F. The van der Waals surface area contributed by atoms with Gasteiger partial charge in [-0.05, 0) is 31.2 Å². The molecule has 19 heavy (non-hydrogen) atoms. The van der Waals surface area contributed by atoms with Gasteiger partial charge in [0.15, 0.2) is 11.6 Å². The highest BCUT2D eigenvalue weighted by Gasteiger charge is 2.13. The van der Waals surface area contributed by atoms with E-state index in [4.69, 9.17) is 4.74 Å². The highest BCUT2D eigenvalue weighted by Crippen LogP contribution is 2.33. The highest BCUT2D eigenvalue weighted by molar-refractivity contribution is 9.10. The third kappa shape index (κ3) is 3.30. The molecule has 2 nitrogen and oxygen atoms in total. The van der Waals surface area contributed by atoms with Crippen LogP contribution in [-0.4, -0.2) is 5.11 Å². The lowest BCUT2D eigenvalue weighted by molar-refractivity contribution is 0.195. The van der Waals surface area contributed by atoms with Gasteiger partial charge in [0.25, 0.3) is 0 Å². The standard InChI is InChI=1S/C14H11BrF2O2/c1-8(18)11-4-2-9(15)6-13(11)19-14-7-10(16)3-5-12(14)17/h2-8,18H,1H3. The Bertz CT molecular complexity index is 600. The summed E-state index contributed by atoms with van der Waals surface area (Å²) in [6.45, 7) is 1.57. The van der Waals surface area contributed by atoms with E-state index in [-0.39, 0.29) is 11.5 Å². The summed E-state index contributed by atoms with van der Waals surface area (Å²) in [6, 6.07) is 7.94. The molecule has 5 heteroatoms. The molecule has 0 aromatic heterocycles. The van der Waals surface area contributed by atoms with Crippen molar-refractivity contribution >= 4 is 15.9 Å². The van der Waals surface area contributed by atoms with Gasteiger partial charge in [-0.2, -0.15) is 0 Å². The molecule has 0 aliphatic heterocycles. The van der Waals surface area contributed by atoms with Crippen LogP contribution in [0.3, 0.4) is 0 Å². The van der Waals surface area contributed by atoms with E-state index in [0.717, 1.165) is 18.2 Å². The van der Waals surface area contributed by atoms with Crippen LogP contribution in [0.4, 0.5) is 8.78 Å². The van der Waals surface area contributed by atoms with E-state index in [1.165, 1.54) is 0 Å². The number of hydrogen-bond acceptors (Lipinski definition) is 2. The Balaban J connectivity index is 2.42. The molecule has 0 aliphatic carbocycles. The molecule has 2 aromatic carbocycles. The van der Waals surface area contributed by atoms with Crippen molar-refractivity contribution in [2.24, 2.45) is 0 Å². The highest BCUT2D eigenvalue weighted by atomic mass is 79.9. The maximum atomic E-state index is 13.5. The third-order valence-electron chi connectivity index (χ3n) is 2.54.